The van der Waals surface area contributed by atoms with Gasteiger partial charge in [0.15, 0.2) is 0 Å². The van der Waals surface area contributed by atoms with Crippen molar-refractivity contribution in [3.05, 3.63) is 86.1 Å². The van der Waals surface area contributed by atoms with Gasteiger partial charge in [0.1, 0.15) is 0 Å². The highest BCUT2D eigenvalue weighted by atomic mass is 32.1. The second kappa shape index (κ2) is 9.46. The fourth-order valence-electron chi connectivity index (χ4n) is 5.11. The number of carbonyl (C=O) groups is 1. The zero-order valence-corrected chi connectivity index (χ0v) is 20.0. The minimum absolute atomic E-state index is 0.00532. The van der Waals surface area contributed by atoms with Crippen LogP contribution in [0.15, 0.2) is 60.0 Å². The van der Waals surface area contributed by atoms with E-state index in [0.29, 0.717) is 13.0 Å². The van der Waals surface area contributed by atoms with Crippen LogP contribution in [0.2, 0.25) is 0 Å². The number of hydrogen-bond acceptors (Lipinski definition) is 6. The number of anilines is 2. The number of aryl methyl sites for hydroxylation is 1. The van der Waals surface area contributed by atoms with Crippen molar-refractivity contribution >= 4 is 34.3 Å². The summed E-state index contributed by atoms with van der Waals surface area (Å²) in [6.07, 6.45) is 1.31. The highest BCUT2D eigenvalue weighted by molar-refractivity contribution is 7.09. The van der Waals surface area contributed by atoms with E-state index in [9.17, 15) is 14.9 Å². The molecule has 34 heavy (non-hydrogen) atoms. The third-order valence-corrected chi connectivity index (χ3v) is 7.83. The number of non-ortho nitro benzene ring substituents is 1. The van der Waals surface area contributed by atoms with E-state index < -0.39 is 0 Å². The Bertz CT molecular complexity index is 1180. The number of fused-ring (bicyclic) bond motifs is 3. The summed E-state index contributed by atoms with van der Waals surface area (Å²) < 4.78 is 0. The summed E-state index contributed by atoms with van der Waals surface area (Å²) in [4.78, 5) is 30.3. The van der Waals surface area contributed by atoms with Gasteiger partial charge in [0.05, 0.1) is 16.9 Å². The molecule has 7 nitrogen and oxygen atoms in total. The second-order valence-corrected chi connectivity index (χ2v) is 10.1. The molecule has 0 saturated carbocycles. The number of nitrogens with zero attached hydrogens (tertiary/aromatic N) is 3. The summed E-state index contributed by atoms with van der Waals surface area (Å²) in [5.74, 6) is -0.249. The number of benzene rings is 2. The molecule has 3 heterocycles. The Hall–Kier alpha value is -3.39. The Balaban J connectivity index is 1.40. The molecule has 1 aromatic heterocycles. The first-order valence-electron chi connectivity index (χ1n) is 11.7. The van der Waals surface area contributed by atoms with Gasteiger partial charge in [-0.05, 0) is 55.0 Å². The summed E-state index contributed by atoms with van der Waals surface area (Å²) in [5, 5.41) is 16.6. The normalized spacial score (nSPS) is 19.3. The van der Waals surface area contributed by atoms with Gasteiger partial charge in [-0.15, -0.1) is 11.3 Å². The van der Waals surface area contributed by atoms with Crippen LogP contribution in [0.1, 0.15) is 16.0 Å². The zero-order chi connectivity index (χ0) is 23.7. The molecule has 2 aliphatic rings. The van der Waals surface area contributed by atoms with Crippen molar-refractivity contribution in [2.24, 2.45) is 5.92 Å². The van der Waals surface area contributed by atoms with Gasteiger partial charge in [0, 0.05) is 54.6 Å². The summed E-state index contributed by atoms with van der Waals surface area (Å²) >= 11 is 1.69. The van der Waals surface area contributed by atoms with E-state index in [0.717, 1.165) is 43.0 Å². The lowest BCUT2D eigenvalue weighted by atomic mass is 9.83. The lowest BCUT2D eigenvalue weighted by Crippen LogP contribution is -2.61. The van der Waals surface area contributed by atoms with Crippen LogP contribution >= 0.6 is 11.3 Å². The molecule has 1 fully saturated rings. The fraction of sp³-hybridized carbons (Fsp3) is 0.346. The third-order valence-electron chi connectivity index (χ3n) is 6.89. The van der Waals surface area contributed by atoms with Crippen molar-refractivity contribution in [1.29, 1.82) is 0 Å². The molecule has 0 spiro atoms. The molecule has 5 rings (SSSR count). The molecule has 0 bridgehead atoms. The molecular weight excluding hydrogens is 448 g/mol. The second-order valence-electron chi connectivity index (χ2n) is 9.04. The van der Waals surface area contributed by atoms with Crippen LogP contribution in [0.5, 0.6) is 0 Å². The van der Waals surface area contributed by atoms with Crippen molar-refractivity contribution in [2.45, 2.75) is 25.8 Å². The average Bonchev–Trinajstić information content (AvgIpc) is 3.36. The highest BCUT2D eigenvalue weighted by Crippen LogP contribution is 2.38. The molecule has 1 saturated heterocycles. The summed E-state index contributed by atoms with van der Waals surface area (Å²) in [7, 11) is 0. The molecule has 0 unspecified atom stereocenters. The van der Waals surface area contributed by atoms with Gasteiger partial charge in [-0.1, -0.05) is 23.8 Å². The summed E-state index contributed by atoms with van der Waals surface area (Å²) in [5.41, 5.74) is 4.36. The summed E-state index contributed by atoms with van der Waals surface area (Å²) in [6, 6.07) is 17.7. The molecule has 8 heteroatoms. The average molecular weight is 477 g/mol. The first kappa shape index (κ1) is 22.4. The van der Waals surface area contributed by atoms with Crippen molar-refractivity contribution < 1.29 is 9.72 Å². The molecule has 2 atom stereocenters. The van der Waals surface area contributed by atoms with E-state index in [2.05, 4.69) is 52.4 Å². The molecule has 1 N–H and O–H groups in total. The van der Waals surface area contributed by atoms with E-state index >= 15 is 0 Å². The highest BCUT2D eigenvalue weighted by Gasteiger charge is 2.42. The number of amides is 1. The SMILES string of the molecule is Cc1ccc(N2CCN3c4ccc([N+](=O)[O-])cc4C[C@H](C(=O)NCCc4cccs4)[C@H]3C2)cc1. The van der Waals surface area contributed by atoms with Crippen LogP contribution in [0, 0.1) is 23.0 Å². The maximum atomic E-state index is 13.4. The lowest BCUT2D eigenvalue weighted by Gasteiger charge is -2.49. The standard InChI is InChI=1S/C26H28N4O3S/c1-18-4-6-20(7-5-18)28-12-13-29-24-9-8-21(30(32)33)15-19(24)16-23(25(29)17-28)26(31)27-11-10-22-3-2-14-34-22/h2-9,14-15,23,25H,10-13,16-17H2,1H3,(H,27,31)/t23-,25+/m0/s1. The van der Waals surface area contributed by atoms with Crippen LogP contribution in [0.3, 0.4) is 0 Å². The van der Waals surface area contributed by atoms with Gasteiger partial charge < -0.3 is 15.1 Å². The molecule has 0 aliphatic carbocycles. The molecule has 176 valence electrons. The molecule has 2 aliphatic heterocycles. The predicted octanol–water partition coefficient (Wildman–Crippen LogP) is 4.19. The molecular formula is C26H28N4O3S. The number of thiophene rings is 1. The fourth-order valence-corrected chi connectivity index (χ4v) is 5.82. The minimum atomic E-state index is -0.363. The minimum Gasteiger partial charge on any atom is -0.368 e. The predicted molar refractivity (Wildman–Crippen MR) is 136 cm³/mol. The van der Waals surface area contributed by atoms with Crippen LogP contribution in [-0.2, 0) is 17.6 Å². The third kappa shape index (κ3) is 4.50. The quantitative estimate of drug-likeness (QED) is 0.426. The number of nitro groups is 1. The summed E-state index contributed by atoms with van der Waals surface area (Å²) in [6.45, 7) is 5.01. The number of nitrogens with one attached hydrogen (secondary N) is 1. The Kier molecular flexibility index (Phi) is 6.24. The van der Waals surface area contributed by atoms with Crippen LogP contribution < -0.4 is 15.1 Å². The molecule has 0 radical (unpaired) electrons. The largest absolute Gasteiger partial charge is 0.368 e. The van der Waals surface area contributed by atoms with Crippen molar-refractivity contribution in [2.75, 3.05) is 36.0 Å². The number of rotatable bonds is 6. The van der Waals surface area contributed by atoms with Crippen molar-refractivity contribution in [3.8, 4) is 0 Å². The van der Waals surface area contributed by atoms with E-state index in [1.807, 2.05) is 17.5 Å². The van der Waals surface area contributed by atoms with E-state index in [4.69, 9.17) is 0 Å². The molecule has 3 aromatic rings. The molecule has 1 amide bonds. The van der Waals surface area contributed by atoms with Gasteiger partial charge in [0.25, 0.3) is 5.69 Å². The van der Waals surface area contributed by atoms with Gasteiger partial charge >= 0.3 is 0 Å². The first-order valence-corrected chi connectivity index (χ1v) is 12.5. The Morgan fingerprint density at radius 2 is 2.00 bits per heavy atom. The number of hydrogen-bond donors (Lipinski definition) is 1. The van der Waals surface area contributed by atoms with Gasteiger partial charge in [-0.3, -0.25) is 14.9 Å². The maximum Gasteiger partial charge on any atom is 0.269 e. The van der Waals surface area contributed by atoms with Crippen molar-refractivity contribution in [3.63, 3.8) is 0 Å². The van der Waals surface area contributed by atoms with Crippen LogP contribution in [0.4, 0.5) is 17.1 Å². The zero-order valence-electron chi connectivity index (χ0n) is 19.1. The van der Waals surface area contributed by atoms with Crippen molar-refractivity contribution in [1.82, 2.24) is 5.32 Å². The van der Waals surface area contributed by atoms with Gasteiger partial charge in [0.2, 0.25) is 5.91 Å². The first-order chi connectivity index (χ1) is 16.5. The van der Waals surface area contributed by atoms with E-state index in [1.54, 1.807) is 23.5 Å². The molecule has 2 aromatic carbocycles. The Morgan fingerprint density at radius 3 is 2.74 bits per heavy atom. The number of carbonyl (C=O) groups excluding carboxylic acids is 1. The van der Waals surface area contributed by atoms with E-state index in [1.165, 1.54) is 10.4 Å². The van der Waals surface area contributed by atoms with E-state index in [-0.39, 0.29) is 28.5 Å². The van der Waals surface area contributed by atoms with Gasteiger partial charge in [-0.25, -0.2) is 0 Å². The Morgan fingerprint density at radius 1 is 1.18 bits per heavy atom. The lowest BCUT2D eigenvalue weighted by molar-refractivity contribution is -0.384. The number of nitro benzene ring substituents is 1. The topological polar surface area (TPSA) is 78.7 Å². The van der Waals surface area contributed by atoms with Crippen LogP contribution in [-0.4, -0.2) is 43.1 Å². The van der Waals surface area contributed by atoms with Crippen LogP contribution in [0.25, 0.3) is 0 Å². The van der Waals surface area contributed by atoms with Gasteiger partial charge in [-0.2, -0.15) is 0 Å². The smallest absolute Gasteiger partial charge is 0.269 e. The monoisotopic (exact) mass is 476 g/mol. The number of piperazine rings is 1. The Labute approximate surface area is 203 Å². The maximum absolute atomic E-state index is 13.4.